The highest BCUT2D eigenvalue weighted by Gasteiger charge is 2.22. The van der Waals surface area contributed by atoms with E-state index < -0.39 is 5.97 Å². The molecule has 1 aliphatic heterocycles. The van der Waals surface area contributed by atoms with Crippen molar-refractivity contribution in [3.63, 3.8) is 0 Å². The van der Waals surface area contributed by atoms with E-state index in [-0.39, 0.29) is 0 Å². The second kappa shape index (κ2) is 6.18. The number of hydrogen-bond donors (Lipinski definition) is 2. The molecule has 0 amide bonds. The molecule has 1 heterocycles. The van der Waals surface area contributed by atoms with Crippen molar-refractivity contribution in [2.45, 2.75) is 13.1 Å². The average molecular weight is 313 g/mol. The van der Waals surface area contributed by atoms with Crippen LogP contribution in [0.2, 0.25) is 0 Å². The van der Waals surface area contributed by atoms with Gasteiger partial charge in [0.25, 0.3) is 0 Å². The Balaban J connectivity index is 1.93. The maximum Gasteiger partial charge on any atom is 0.341 e. The fourth-order valence-corrected chi connectivity index (χ4v) is 2.78. The van der Waals surface area contributed by atoms with E-state index in [1.54, 1.807) is 13.2 Å². The molecule has 2 aromatic rings. The predicted molar refractivity (Wildman–Crippen MR) is 88.2 cm³/mol. The summed E-state index contributed by atoms with van der Waals surface area (Å²) in [4.78, 5) is 11.9. The highest BCUT2D eigenvalue weighted by Crippen LogP contribution is 2.31. The number of hydrazine groups is 1. The van der Waals surface area contributed by atoms with Gasteiger partial charge in [-0.05, 0) is 23.8 Å². The average Bonchev–Trinajstić information content (AvgIpc) is 2.96. The van der Waals surface area contributed by atoms with Gasteiger partial charge in [0.1, 0.15) is 11.3 Å². The van der Waals surface area contributed by atoms with E-state index in [4.69, 9.17) is 15.2 Å². The number of nitrogens with two attached hydrogens (primary N) is 1. The summed E-state index contributed by atoms with van der Waals surface area (Å²) >= 11 is 0. The number of hydrogen-bond acceptors (Lipinski definition) is 6. The second-order valence-electron chi connectivity index (χ2n) is 5.30. The number of nitrogens with zero attached hydrogens (tertiary/aromatic N) is 1. The van der Waals surface area contributed by atoms with Gasteiger partial charge in [-0.3, -0.25) is 0 Å². The largest absolute Gasteiger partial charge is 0.495 e. The molecule has 2 aromatic carbocycles. The number of carbonyl (C=O) groups excluding carboxylic acids is 1. The number of nitrogens with one attached hydrogen (secondary N) is 1. The third kappa shape index (κ3) is 2.80. The van der Waals surface area contributed by atoms with Crippen molar-refractivity contribution >= 4 is 17.3 Å². The lowest BCUT2D eigenvalue weighted by molar-refractivity contribution is 0.0597. The molecule has 1 aliphatic rings. The van der Waals surface area contributed by atoms with Crippen molar-refractivity contribution in [1.29, 1.82) is 0 Å². The van der Waals surface area contributed by atoms with Gasteiger partial charge in [0.15, 0.2) is 0 Å². The van der Waals surface area contributed by atoms with Gasteiger partial charge < -0.3 is 20.2 Å². The first kappa shape index (κ1) is 15.2. The first-order valence-corrected chi connectivity index (χ1v) is 7.27. The number of ether oxygens (including phenoxy) is 2. The molecule has 6 nitrogen and oxygen atoms in total. The Morgan fingerprint density at radius 2 is 2.13 bits per heavy atom. The zero-order valence-corrected chi connectivity index (χ0v) is 13.1. The van der Waals surface area contributed by atoms with Gasteiger partial charge in [-0.1, -0.05) is 18.2 Å². The summed E-state index contributed by atoms with van der Waals surface area (Å²) in [6.45, 7) is 1.29. The Bertz CT molecular complexity index is 746. The van der Waals surface area contributed by atoms with Gasteiger partial charge in [-0.25, -0.2) is 10.2 Å². The standard InChI is InChI=1S/C17H19N3O3/c1-22-16-12(4-3-5-14(16)17(21)23-2)10-20-15-8-13(18)7-6-11(15)9-19-20/h3-8,19H,9-10,18H2,1-2H3. The lowest BCUT2D eigenvalue weighted by Crippen LogP contribution is -2.31. The van der Waals surface area contributed by atoms with Crippen LogP contribution in [-0.4, -0.2) is 20.2 Å². The predicted octanol–water partition coefficient (Wildman–Crippen LogP) is 2.09. The third-order valence-electron chi connectivity index (χ3n) is 3.89. The van der Waals surface area contributed by atoms with Gasteiger partial charge in [0.05, 0.1) is 26.5 Å². The van der Waals surface area contributed by atoms with Gasteiger partial charge in [-0.2, -0.15) is 0 Å². The van der Waals surface area contributed by atoms with Gasteiger partial charge in [0.2, 0.25) is 0 Å². The minimum Gasteiger partial charge on any atom is -0.495 e. The molecule has 0 aliphatic carbocycles. The van der Waals surface area contributed by atoms with Crippen LogP contribution in [-0.2, 0) is 17.8 Å². The van der Waals surface area contributed by atoms with Crippen molar-refractivity contribution in [1.82, 2.24) is 5.43 Å². The molecule has 6 heteroatoms. The summed E-state index contributed by atoms with van der Waals surface area (Å²) in [5.74, 6) is 0.112. The summed E-state index contributed by atoms with van der Waals surface area (Å²) in [7, 11) is 2.91. The number of para-hydroxylation sites is 1. The Labute approximate surface area is 134 Å². The molecular weight excluding hydrogens is 294 g/mol. The molecule has 3 N–H and O–H groups in total. The monoisotopic (exact) mass is 313 g/mol. The van der Waals surface area contributed by atoms with Crippen molar-refractivity contribution in [3.8, 4) is 5.75 Å². The molecule has 0 aromatic heterocycles. The van der Waals surface area contributed by atoms with Crippen LogP contribution in [0.25, 0.3) is 0 Å². The highest BCUT2D eigenvalue weighted by molar-refractivity contribution is 5.93. The van der Waals surface area contributed by atoms with Crippen LogP contribution >= 0.6 is 0 Å². The van der Waals surface area contributed by atoms with E-state index in [2.05, 4.69) is 5.43 Å². The minimum absolute atomic E-state index is 0.414. The van der Waals surface area contributed by atoms with Gasteiger partial charge in [0, 0.05) is 17.8 Å². The Morgan fingerprint density at radius 1 is 1.30 bits per heavy atom. The lowest BCUT2D eigenvalue weighted by Gasteiger charge is -2.21. The number of esters is 1. The molecule has 0 atom stereocenters. The van der Waals surface area contributed by atoms with Crippen LogP contribution in [0, 0.1) is 0 Å². The smallest absolute Gasteiger partial charge is 0.341 e. The van der Waals surface area contributed by atoms with Crippen LogP contribution in [0.1, 0.15) is 21.5 Å². The number of anilines is 2. The van der Waals surface area contributed by atoms with E-state index in [0.29, 0.717) is 23.5 Å². The molecular formula is C17H19N3O3. The van der Waals surface area contributed by atoms with Crippen LogP contribution in [0.5, 0.6) is 5.75 Å². The molecule has 0 spiro atoms. The molecule has 0 unspecified atom stereocenters. The lowest BCUT2D eigenvalue weighted by atomic mass is 10.1. The van der Waals surface area contributed by atoms with Crippen LogP contribution in [0.3, 0.4) is 0 Å². The van der Waals surface area contributed by atoms with E-state index >= 15 is 0 Å². The van der Waals surface area contributed by atoms with Crippen molar-refractivity contribution in [2.75, 3.05) is 25.0 Å². The summed E-state index contributed by atoms with van der Waals surface area (Å²) < 4.78 is 10.3. The van der Waals surface area contributed by atoms with E-state index in [1.807, 2.05) is 35.3 Å². The Hall–Kier alpha value is -2.73. The fraction of sp³-hybridized carbons (Fsp3) is 0.235. The molecule has 0 radical (unpaired) electrons. The SMILES string of the molecule is COC(=O)c1cccc(CN2NCc3ccc(N)cc32)c1OC. The normalized spacial score (nSPS) is 12.9. The summed E-state index contributed by atoms with van der Waals surface area (Å²) in [5.41, 5.74) is 13.4. The Morgan fingerprint density at radius 3 is 2.87 bits per heavy atom. The first-order valence-electron chi connectivity index (χ1n) is 7.27. The topological polar surface area (TPSA) is 76.8 Å². The maximum absolute atomic E-state index is 11.9. The van der Waals surface area contributed by atoms with Gasteiger partial charge in [-0.15, -0.1) is 0 Å². The van der Waals surface area contributed by atoms with E-state index in [0.717, 1.165) is 17.8 Å². The van der Waals surface area contributed by atoms with E-state index in [1.165, 1.54) is 12.7 Å². The van der Waals surface area contributed by atoms with E-state index in [9.17, 15) is 4.79 Å². The van der Waals surface area contributed by atoms with Crippen LogP contribution in [0.15, 0.2) is 36.4 Å². The number of benzene rings is 2. The zero-order chi connectivity index (χ0) is 16.4. The fourth-order valence-electron chi connectivity index (χ4n) is 2.78. The van der Waals surface area contributed by atoms with Crippen molar-refractivity contribution in [2.24, 2.45) is 0 Å². The molecule has 0 saturated carbocycles. The summed E-state index contributed by atoms with van der Waals surface area (Å²) in [5, 5.41) is 2.00. The molecule has 23 heavy (non-hydrogen) atoms. The number of methoxy groups -OCH3 is 2. The maximum atomic E-state index is 11.9. The molecule has 0 saturated heterocycles. The molecule has 120 valence electrons. The number of rotatable bonds is 4. The van der Waals surface area contributed by atoms with Crippen LogP contribution in [0.4, 0.5) is 11.4 Å². The second-order valence-corrected chi connectivity index (χ2v) is 5.30. The van der Waals surface area contributed by atoms with Crippen molar-refractivity contribution < 1.29 is 14.3 Å². The highest BCUT2D eigenvalue weighted by atomic mass is 16.5. The number of carbonyl (C=O) groups is 1. The van der Waals surface area contributed by atoms with Crippen molar-refractivity contribution in [3.05, 3.63) is 53.1 Å². The molecule has 0 fully saturated rings. The van der Waals surface area contributed by atoms with Gasteiger partial charge >= 0.3 is 5.97 Å². The third-order valence-corrected chi connectivity index (χ3v) is 3.89. The summed E-state index contributed by atoms with van der Waals surface area (Å²) in [6, 6.07) is 11.3. The van der Waals surface area contributed by atoms with Crippen LogP contribution < -0.4 is 20.9 Å². The first-order chi connectivity index (χ1) is 11.1. The quantitative estimate of drug-likeness (QED) is 0.665. The number of nitrogen functional groups attached to an aromatic ring is 1. The zero-order valence-electron chi connectivity index (χ0n) is 13.1. The summed E-state index contributed by atoms with van der Waals surface area (Å²) in [6.07, 6.45) is 0. The Kier molecular flexibility index (Phi) is 4.08. The molecule has 0 bridgehead atoms. The minimum atomic E-state index is -0.414. The molecule has 3 rings (SSSR count). The number of fused-ring (bicyclic) bond motifs is 1.